The molecule has 160 valence electrons. The summed E-state index contributed by atoms with van der Waals surface area (Å²) in [5, 5.41) is 9.33. The van der Waals surface area contributed by atoms with Gasteiger partial charge >= 0.3 is 0 Å². The van der Waals surface area contributed by atoms with Crippen molar-refractivity contribution in [1.29, 1.82) is 0 Å². The molecule has 0 radical (unpaired) electrons. The van der Waals surface area contributed by atoms with Gasteiger partial charge in [-0.3, -0.25) is 14.4 Å². The van der Waals surface area contributed by atoms with E-state index in [0.29, 0.717) is 31.7 Å². The van der Waals surface area contributed by atoms with Gasteiger partial charge in [-0.1, -0.05) is 23.7 Å². The van der Waals surface area contributed by atoms with Crippen LogP contribution in [-0.4, -0.2) is 23.8 Å². The quantitative estimate of drug-likeness (QED) is 0.468. The topological polar surface area (TPSA) is 87.3 Å². The van der Waals surface area contributed by atoms with E-state index in [9.17, 15) is 14.4 Å². The summed E-state index contributed by atoms with van der Waals surface area (Å²) in [4.78, 5) is 37.7. The zero-order chi connectivity index (χ0) is 22.5. The lowest BCUT2D eigenvalue weighted by atomic mass is 10.2. The number of halogens is 1. The third-order valence-corrected chi connectivity index (χ3v) is 5.78. The van der Waals surface area contributed by atoms with E-state index >= 15 is 0 Å². The Morgan fingerprint density at radius 1 is 0.903 bits per heavy atom. The lowest BCUT2D eigenvalue weighted by molar-refractivity contribution is 0.0942. The molecule has 0 aliphatic carbocycles. The van der Waals surface area contributed by atoms with Crippen LogP contribution in [0.25, 0.3) is 0 Å². The molecule has 0 fully saturated rings. The number of amides is 3. The smallest absolute Gasteiger partial charge is 0.266 e. The first-order valence-electron chi connectivity index (χ1n) is 9.63. The summed E-state index contributed by atoms with van der Waals surface area (Å²) in [6, 6.07) is 15.2. The highest BCUT2D eigenvalue weighted by Crippen LogP contribution is 2.28. The Labute approximate surface area is 189 Å². The molecule has 0 atom stereocenters. The van der Waals surface area contributed by atoms with Crippen LogP contribution >= 0.6 is 22.9 Å². The van der Waals surface area contributed by atoms with E-state index < -0.39 is 0 Å². The molecule has 0 saturated carbocycles. The van der Waals surface area contributed by atoms with Crippen molar-refractivity contribution in [2.45, 2.75) is 26.8 Å². The summed E-state index contributed by atoms with van der Waals surface area (Å²) in [6.45, 7) is 5.58. The molecule has 3 aromatic rings. The van der Waals surface area contributed by atoms with E-state index in [1.165, 1.54) is 11.3 Å². The van der Waals surface area contributed by atoms with Crippen LogP contribution in [0.4, 0.5) is 10.7 Å². The average molecular weight is 456 g/mol. The second-order valence-electron chi connectivity index (χ2n) is 7.22. The fourth-order valence-corrected chi connectivity index (χ4v) is 4.02. The van der Waals surface area contributed by atoms with Crippen LogP contribution in [0.1, 0.15) is 49.8 Å². The highest BCUT2D eigenvalue weighted by molar-refractivity contribution is 7.18. The van der Waals surface area contributed by atoms with E-state index in [0.717, 1.165) is 5.56 Å². The molecule has 3 N–H and O–H groups in total. The molecular formula is C23H22ClN3O3S. The van der Waals surface area contributed by atoms with Gasteiger partial charge in [0.1, 0.15) is 0 Å². The first-order valence-corrected chi connectivity index (χ1v) is 10.8. The first-order chi connectivity index (χ1) is 14.7. The molecule has 3 amide bonds. The van der Waals surface area contributed by atoms with Crippen molar-refractivity contribution in [2.75, 3.05) is 10.6 Å². The van der Waals surface area contributed by atoms with Crippen molar-refractivity contribution in [3.8, 4) is 0 Å². The SMILES string of the molecule is Cc1cc(NC(=O)c2ccccc2Cl)sc1C(=O)Nc1ccc(C(=O)NC(C)C)cc1. The van der Waals surface area contributed by atoms with Gasteiger partial charge in [0, 0.05) is 17.3 Å². The highest BCUT2D eigenvalue weighted by atomic mass is 35.5. The summed E-state index contributed by atoms with van der Waals surface area (Å²) < 4.78 is 0. The molecule has 31 heavy (non-hydrogen) atoms. The van der Waals surface area contributed by atoms with E-state index in [1.807, 2.05) is 13.8 Å². The van der Waals surface area contributed by atoms with Crippen molar-refractivity contribution < 1.29 is 14.4 Å². The Balaban J connectivity index is 1.67. The summed E-state index contributed by atoms with van der Waals surface area (Å²) in [5.41, 5.74) is 2.19. The Kier molecular flexibility index (Phi) is 7.09. The van der Waals surface area contributed by atoms with E-state index in [2.05, 4.69) is 16.0 Å². The number of benzene rings is 2. The van der Waals surface area contributed by atoms with Gasteiger partial charge in [0.05, 0.1) is 20.5 Å². The predicted molar refractivity (Wildman–Crippen MR) is 125 cm³/mol. The third-order valence-electron chi connectivity index (χ3n) is 4.30. The van der Waals surface area contributed by atoms with Crippen molar-refractivity contribution in [1.82, 2.24) is 5.32 Å². The van der Waals surface area contributed by atoms with E-state index in [4.69, 9.17) is 11.6 Å². The van der Waals surface area contributed by atoms with Crippen LogP contribution in [-0.2, 0) is 0 Å². The number of carbonyl (C=O) groups excluding carboxylic acids is 3. The molecule has 3 rings (SSSR count). The summed E-state index contributed by atoms with van der Waals surface area (Å²) in [7, 11) is 0. The second-order valence-corrected chi connectivity index (χ2v) is 8.68. The number of hydrogen-bond donors (Lipinski definition) is 3. The molecule has 0 bridgehead atoms. The molecule has 0 aliphatic heterocycles. The van der Waals surface area contributed by atoms with Gasteiger partial charge in [-0.25, -0.2) is 0 Å². The third kappa shape index (κ3) is 5.71. The maximum Gasteiger partial charge on any atom is 0.266 e. The van der Waals surface area contributed by atoms with Crippen LogP contribution in [0.5, 0.6) is 0 Å². The van der Waals surface area contributed by atoms with Crippen LogP contribution in [0.15, 0.2) is 54.6 Å². The Morgan fingerprint density at radius 2 is 1.58 bits per heavy atom. The minimum atomic E-state index is -0.339. The lowest BCUT2D eigenvalue weighted by Gasteiger charge is -2.09. The summed E-state index contributed by atoms with van der Waals surface area (Å²) >= 11 is 7.25. The van der Waals surface area contributed by atoms with E-state index in [-0.39, 0.29) is 23.8 Å². The molecule has 1 aromatic heterocycles. The number of aryl methyl sites for hydroxylation is 1. The number of nitrogens with one attached hydrogen (secondary N) is 3. The maximum atomic E-state index is 12.7. The van der Waals surface area contributed by atoms with Gasteiger partial charge in [-0.15, -0.1) is 11.3 Å². The van der Waals surface area contributed by atoms with Crippen molar-refractivity contribution in [3.63, 3.8) is 0 Å². The largest absolute Gasteiger partial charge is 0.350 e. The van der Waals surface area contributed by atoms with E-state index in [1.54, 1.807) is 61.5 Å². The van der Waals surface area contributed by atoms with Crippen LogP contribution in [0.2, 0.25) is 5.02 Å². The Morgan fingerprint density at radius 3 is 2.23 bits per heavy atom. The first kappa shape index (κ1) is 22.5. The zero-order valence-electron chi connectivity index (χ0n) is 17.3. The Bertz CT molecular complexity index is 1120. The molecule has 0 saturated heterocycles. The second kappa shape index (κ2) is 9.76. The van der Waals surface area contributed by atoms with Gasteiger partial charge in [0.2, 0.25) is 0 Å². The zero-order valence-corrected chi connectivity index (χ0v) is 18.9. The van der Waals surface area contributed by atoms with Crippen LogP contribution in [0, 0.1) is 6.92 Å². The van der Waals surface area contributed by atoms with Gasteiger partial charge in [0.15, 0.2) is 0 Å². The van der Waals surface area contributed by atoms with Crippen molar-refractivity contribution in [2.24, 2.45) is 0 Å². The lowest BCUT2D eigenvalue weighted by Crippen LogP contribution is -2.30. The minimum Gasteiger partial charge on any atom is -0.350 e. The predicted octanol–water partition coefficient (Wildman–Crippen LogP) is 5.35. The van der Waals surface area contributed by atoms with Gasteiger partial charge in [-0.05, 0) is 68.8 Å². The molecule has 1 heterocycles. The van der Waals surface area contributed by atoms with Crippen molar-refractivity contribution in [3.05, 3.63) is 81.2 Å². The van der Waals surface area contributed by atoms with Crippen LogP contribution in [0.3, 0.4) is 0 Å². The number of hydrogen-bond acceptors (Lipinski definition) is 4. The van der Waals surface area contributed by atoms with Crippen LogP contribution < -0.4 is 16.0 Å². The normalized spacial score (nSPS) is 10.6. The number of rotatable bonds is 6. The molecular weight excluding hydrogens is 434 g/mol. The van der Waals surface area contributed by atoms with Crippen molar-refractivity contribution >= 4 is 51.3 Å². The fourth-order valence-electron chi connectivity index (χ4n) is 2.83. The molecule has 0 spiro atoms. The standard InChI is InChI=1S/C23H22ClN3O3S/c1-13(2)25-21(28)15-8-10-16(11-9-15)26-23(30)20-14(3)12-19(31-20)27-22(29)17-6-4-5-7-18(17)24/h4-13H,1-3H3,(H,25,28)(H,26,30)(H,27,29). The minimum absolute atomic E-state index is 0.0429. The highest BCUT2D eigenvalue weighted by Gasteiger charge is 2.17. The monoisotopic (exact) mass is 455 g/mol. The number of carbonyl (C=O) groups is 3. The summed E-state index contributed by atoms with van der Waals surface area (Å²) in [5.74, 6) is -0.796. The Hall–Kier alpha value is -3.16. The maximum absolute atomic E-state index is 12.7. The number of thiophene rings is 1. The molecule has 6 nitrogen and oxygen atoms in total. The van der Waals surface area contributed by atoms with Gasteiger partial charge < -0.3 is 16.0 Å². The van der Waals surface area contributed by atoms with Gasteiger partial charge in [0.25, 0.3) is 17.7 Å². The summed E-state index contributed by atoms with van der Waals surface area (Å²) in [6.07, 6.45) is 0. The molecule has 0 aliphatic rings. The van der Waals surface area contributed by atoms with Gasteiger partial charge in [-0.2, -0.15) is 0 Å². The molecule has 2 aromatic carbocycles. The molecule has 8 heteroatoms. The number of anilines is 2. The fraction of sp³-hybridized carbons (Fsp3) is 0.174. The molecule has 0 unspecified atom stereocenters. The average Bonchev–Trinajstić information content (AvgIpc) is 3.08.